The number of carboxylic acids is 1. The highest BCUT2D eigenvalue weighted by atomic mass is 19.4. The second-order valence-corrected chi connectivity index (χ2v) is 5.91. The van der Waals surface area contributed by atoms with Gasteiger partial charge in [-0.15, -0.1) is 0 Å². The third-order valence-electron chi connectivity index (χ3n) is 3.87. The molecule has 1 heterocycles. The Labute approximate surface area is 161 Å². The zero-order valence-corrected chi connectivity index (χ0v) is 14.5. The smallest absolute Gasteiger partial charge is 0.416 e. The van der Waals surface area contributed by atoms with Gasteiger partial charge in [-0.25, -0.2) is 4.98 Å². The maximum Gasteiger partial charge on any atom is 0.416 e. The van der Waals surface area contributed by atoms with E-state index in [9.17, 15) is 27.9 Å². The van der Waals surface area contributed by atoms with Crippen molar-refractivity contribution >= 4 is 22.6 Å². The van der Waals surface area contributed by atoms with E-state index < -0.39 is 35.9 Å². The number of pyridine rings is 1. The van der Waals surface area contributed by atoms with E-state index in [0.29, 0.717) is 5.39 Å². The minimum Gasteiger partial charge on any atom is -0.505 e. The summed E-state index contributed by atoms with van der Waals surface area (Å²) < 4.78 is 43.3. The predicted octanol–water partition coefficient (Wildman–Crippen LogP) is 3.57. The molecule has 0 atom stereocenters. The van der Waals surface area contributed by atoms with Crippen molar-refractivity contribution in [3.05, 3.63) is 59.9 Å². The van der Waals surface area contributed by atoms with Crippen LogP contribution in [-0.4, -0.2) is 33.6 Å². The summed E-state index contributed by atoms with van der Waals surface area (Å²) in [4.78, 5) is 26.3. The average molecular weight is 406 g/mol. The minimum atomic E-state index is -4.45. The van der Waals surface area contributed by atoms with Crippen LogP contribution in [-0.2, 0) is 11.0 Å². The number of nitrogens with one attached hydrogen (secondary N) is 1. The summed E-state index contributed by atoms with van der Waals surface area (Å²) in [6.07, 6.45) is -3.16. The fourth-order valence-electron chi connectivity index (χ4n) is 2.50. The number of aromatic nitrogens is 1. The number of aromatic hydroxyl groups is 1. The van der Waals surface area contributed by atoms with Gasteiger partial charge in [0.05, 0.1) is 5.56 Å². The van der Waals surface area contributed by atoms with Crippen molar-refractivity contribution in [3.8, 4) is 17.2 Å². The third kappa shape index (κ3) is 4.54. The maximum atomic E-state index is 12.6. The number of amides is 1. The Kier molecular flexibility index (Phi) is 5.26. The molecule has 0 aliphatic heterocycles. The molecular formula is C19H13F3N2O5. The first-order valence-corrected chi connectivity index (χ1v) is 8.12. The van der Waals surface area contributed by atoms with Gasteiger partial charge in [0, 0.05) is 17.0 Å². The number of fused-ring (bicyclic) bond motifs is 1. The van der Waals surface area contributed by atoms with Crippen LogP contribution >= 0.6 is 0 Å². The largest absolute Gasteiger partial charge is 0.505 e. The van der Waals surface area contributed by atoms with Gasteiger partial charge in [0.25, 0.3) is 5.91 Å². The first kappa shape index (κ1) is 19.9. The fourth-order valence-corrected chi connectivity index (χ4v) is 2.50. The SMILES string of the molecule is O=C(O)CNC(=O)c1ncc2cc(Oc3ccc(C(F)(F)F)cc3)ccc2c1O. The fraction of sp³-hybridized carbons (Fsp3) is 0.105. The van der Waals surface area contributed by atoms with Gasteiger partial charge in [-0.3, -0.25) is 9.59 Å². The molecule has 0 radical (unpaired) electrons. The van der Waals surface area contributed by atoms with Gasteiger partial charge in [0.2, 0.25) is 0 Å². The second kappa shape index (κ2) is 7.66. The topological polar surface area (TPSA) is 109 Å². The molecule has 0 unspecified atom stereocenters. The van der Waals surface area contributed by atoms with Crippen LogP contribution in [0.25, 0.3) is 10.8 Å². The average Bonchev–Trinajstić information content (AvgIpc) is 2.66. The molecular weight excluding hydrogens is 393 g/mol. The molecule has 0 saturated heterocycles. The predicted molar refractivity (Wildman–Crippen MR) is 94.9 cm³/mol. The van der Waals surface area contributed by atoms with Gasteiger partial charge in [0.1, 0.15) is 18.0 Å². The van der Waals surface area contributed by atoms with Gasteiger partial charge in [-0.1, -0.05) is 0 Å². The number of aliphatic carboxylic acids is 1. The normalized spacial score (nSPS) is 11.3. The Morgan fingerprint density at radius 2 is 1.72 bits per heavy atom. The van der Waals surface area contributed by atoms with Crippen LogP contribution in [0.3, 0.4) is 0 Å². The Morgan fingerprint density at radius 1 is 1.07 bits per heavy atom. The second-order valence-electron chi connectivity index (χ2n) is 5.91. The number of halogens is 3. The monoisotopic (exact) mass is 406 g/mol. The molecule has 3 rings (SSSR count). The van der Waals surface area contributed by atoms with E-state index in [-0.39, 0.29) is 22.6 Å². The molecule has 29 heavy (non-hydrogen) atoms. The summed E-state index contributed by atoms with van der Waals surface area (Å²) in [5, 5.41) is 21.6. The molecule has 0 bridgehead atoms. The molecule has 0 saturated carbocycles. The highest BCUT2D eigenvalue weighted by molar-refractivity contribution is 6.02. The van der Waals surface area contributed by atoms with Crippen molar-refractivity contribution in [2.45, 2.75) is 6.18 Å². The van der Waals surface area contributed by atoms with Gasteiger partial charge >= 0.3 is 12.1 Å². The number of hydrogen-bond acceptors (Lipinski definition) is 5. The Morgan fingerprint density at radius 3 is 2.34 bits per heavy atom. The molecule has 7 nitrogen and oxygen atoms in total. The van der Waals surface area contributed by atoms with Crippen LogP contribution in [0, 0.1) is 0 Å². The summed E-state index contributed by atoms with van der Waals surface area (Å²) in [6.45, 7) is -0.627. The standard InChI is InChI=1S/C19H13F3N2O5/c20-19(21,22)11-1-3-12(4-2-11)29-13-5-6-14-10(7-13)8-23-16(17(14)27)18(28)24-9-15(25)26/h1-8,27H,9H2,(H,24,28)(H,25,26). The summed E-state index contributed by atoms with van der Waals surface area (Å²) >= 11 is 0. The summed E-state index contributed by atoms with van der Waals surface area (Å²) in [5.41, 5.74) is -1.14. The molecule has 10 heteroatoms. The van der Waals surface area contributed by atoms with Gasteiger partial charge in [-0.05, 0) is 42.5 Å². The third-order valence-corrected chi connectivity index (χ3v) is 3.87. The Balaban J connectivity index is 1.83. The molecule has 0 fully saturated rings. The van der Waals surface area contributed by atoms with Crippen LogP contribution in [0.1, 0.15) is 16.1 Å². The number of alkyl halides is 3. The van der Waals surface area contributed by atoms with Crippen molar-refractivity contribution in [2.75, 3.05) is 6.54 Å². The number of carboxylic acid groups (broad SMARTS) is 1. The minimum absolute atomic E-state index is 0.180. The number of ether oxygens (including phenoxy) is 1. The molecule has 0 aliphatic rings. The number of rotatable bonds is 5. The van der Waals surface area contributed by atoms with E-state index in [1.54, 1.807) is 0 Å². The lowest BCUT2D eigenvalue weighted by Gasteiger charge is -2.11. The number of hydrogen-bond donors (Lipinski definition) is 3. The summed E-state index contributed by atoms with van der Waals surface area (Å²) in [6, 6.07) is 8.53. The molecule has 1 amide bonds. The Bertz CT molecular complexity index is 1080. The number of benzene rings is 2. The molecule has 1 aromatic heterocycles. The molecule has 3 aromatic rings. The molecule has 2 aromatic carbocycles. The van der Waals surface area contributed by atoms with E-state index in [2.05, 4.69) is 10.3 Å². The molecule has 3 N–H and O–H groups in total. The lowest BCUT2D eigenvalue weighted by molar-refractivity contribution is -0.138. The first-order chi connectivity index (χ1) is 13.6. The van der Waals surface area contributed by atoms with Crippen molar-refractivity contribution < 1.29 is 37.7 Å². The van der Waals surface area contributed by atoms with E-state index >= 15 is 0 Å². The van der Waals surface area contributed by atoms with Crippen LogP contribution in [0.5, 0.6) is 17.2 Å². The van der Waals surface area contributed by atoms with Crippen LogP contribution in [0.2, 0.25) is 0 Å². The molecule has 150 valence electrons. The zero-order chi connectivity index (χ0) is 21.2. The summed E-state index contributed by atoms with van der Waals surface area (Å²) in [7, 11) is 0. The van der Waals surface area contributed by atoms with Crippen molar-refractivity contribution in [3.63, 3.8) is 0 Å². The van der Waals surface area contributed by atoms with Gasteiger partial charge in [-0.2, -0.15) is 13.2 Å². The van der Waals surface area contributed by atoms with Gasteiger partial charge < -0.3 is 20.3 Å². The van der Waals surface area contributed by atoms with Crippen LogP contribution in [0.15, 0.2) is 48.7 Å². The number of carbonyl (C=O) groups excluding carboxylic acids is 1. The van der Waals surface area contributed by atoms with Crippen molar-refractivity contribution in [2.24, 2.45) is 0 Å². The van der Waals surface area contributed by atoms with E-state index in [0.717, 1.165) is 12.1 Å². The lowest BCUT2D eigenvalue weighted by atomic mass is 10.1. The Hall–Kier alpha value is -3.82. The van der Waals surface area contributed by atoms with Crippen molar-refractivity contribution in [1.82, 2.24) is 10.3 Å². The first-order valence-electron chi connectivity index (χ1n) is 8.12. The van der Waals surface area contributed by atoms with E-state index in [4.69, 9.17) is 9.84 Å². The number of nitrogens with zero attached hydrogens (tertiary/aromatic N) is 1. The van der Waals surface area contributed by atoms with Gasteiger partial charge in [0.15, 0.2) is 11.4 Å². The molecule has 0 spiro atoms. The zero-order valence-electron chi connectivity index (χ0n) is 14.5. The quantitative estimate of drug-likeness (QED) is 0.598. The lowest BCUT2D eigenvalue weighted by Crippen LogP contribution is -2.29. The molecule has 0 aliphatic carbocycles. The summed E-state index contributed by atoms with van der Waals surface area (Å²) in [5.74, 6) is -2.08. The number of carbonyl (C=O) groups is 2. The van der Waals surface area contributed by atoms with E-state index in [1.165, 1.54) is 36.5 Å². The van der Waals surface area contributed by atoms with Crippen LogP contribution < -0.4 is 10.1 Å². The highest BCUT2D eigenvalue weighted by Gasteiger charge is 2.30. The maximum absolute atomic E-state index is 12.6. The van der Waals surface area contributed by atoms with Crippen LogP contribution in [0.4, 0.5) is 13.2 Å². The van der Waals surface area contributed by atoms with E-state index in [1.807, 2.05) is 0 Å². The van der Waals surface area contributed by atoms with Crippen molar-refractivity contribution in [1.29, 1.82) is 0 Å². The highest BCUT2D eigenvalue weighted by Crippen LogP contribution is 2.33.